The maximum atomic E-state index is 12.1. The van der Waals surface area contributed by atoms with Crippen LogP contribution in [-0.4, -0.2) is 25.6 Å². The maximum Gasteiger partial charge on any atom is 0.300 e. The van der Waals surface area contributed by atoms with Gasteiger partial charge < -0.3 is 5.32 Å². The van der Waals surface area contributed by atoms with E-state index in [0.717, 1.165) is 17.5 Å². The molecule has 8 nitrogen and oxygen atoms in total. The molecular formula is C12H12ClN5O3. The average Bonchev–Trinajstić information content (AvgIpc) is 2.73. The molecule has 0 aliphatic rings. The maximum absolute atomic E-state index is 12.1. The third-order valence-electron chi connectivity index (χ3n) is 2.85. The molecule has 2 rings (SSSR count). The van der Waals surface area contributed by atoms with Crippen LogP contribution in [0.15, 0.2) is 18.5 Å². The number of nitrogens with zero attached hydrogens (tertiary/aromatic N) is 4. The number of carbonyl (C=O) groups excluding carboxylic acids is 1. The zero-order chi connectivity index (χ0) is 15.6. The van der Waals surface area contributed by atoms with Gasteiger partial charge in [0.15, 0.2) is 0 Å². The highest BCUT2D eigenvalue weighted by Gasteiger charge is 2.21. The fourth-order valence-electron chi connectivity index (χ4n) is 1.84. The molecule has 1 N–H and O–H groups in total. The van der Waals surface area contributed by atoms with Gasteiger partial charge in [-0.3, -0.25) is 19.6 Å². The largest absolute Gasteiger partial charge is 0.348 e. The van der Waals surface area contributed by atoms with E-state index in [4.69, 9.17) is 11.6 Å². The molecule has 2 aromatic heterocycles. The van der Waals surface area contributed by atoms with Crippen LogP contribution in [0, 0.1) is 17.0 Å². The first-order valence-corrected chi connectivity index (χ1v) is 6.33. The highest BCUT2D eigenvalue weighted by atomic mass is 35.5. The molecule has 0 saturated heterocycles. The van der Waals surface area contributed by atoms with E-state index < -0.39 is 10.8 Å². The Kier molecular flexibility index (Phi) is 4.18. The van der Waals surface area contributed by atoms with Gasteiger partial charge in [0.05, 0.1) is 10.6 Å². The molecule has 9 heteroatoms. The van der Waals surface area contributed by atoms with E-state index in [9.17, 15) is 14.9 Å². The molecule has 0 unspecified atom stereocenters. The molecular weight excluding hydrogens is 298 g/mol. The minimum Gasteiger partial charge on any atom is -0.348 e. The zero-order valence-corrected chi connectivity index (χ0v) is 12.1. The Morgan fingerprint density at radius 2 is 2.29 bits per heavy atom. The Labute approximate surface area is 124 Å². The summed E-state index contributed by atoms with van der Waals surface area (Å²) in [5.74, 6) is -0.589. The van der Waals surface area contributed by atoms with Crippen LogP contribution in [0.1, 0.15) is 21.6 Å². The third-order valence-corrected chi connectivity index (χ3v) is 3.05. The fraction of sp³-hybridized carbons (Fsp3) is 0.250. The number of hydrogen-bond donors (Lipinski definition) is 1. The van der Waals surface area contributed by atoms with Gasteiger partial charge in [0.25, 0.3) is 11.6 Å². The summed E-state index contributed by atoms with van der Waals surface area (Å²) >= 11 is 5.68. The number of aromatic nitrogens is 3. The Hall–Kier alpha value is -2.48. The summed E-state index contributed by atoms with van der Waals surface area (Å²) in [6.45, 7) is 2.03. The van der Waals surface area contributed by atoms with Gasteiger partial charge in [0, 0.05) is 25.4 Å². The van der Waals surface area contributed by atoms with Gasteiger partial charge in [-0.1, -0.05) is 11.6 Å². The summed E-state index contributed by atoms with van der Waals surface area (Å²) < 4.78 is 1.63. The van der Waals surface area contributed by atoms with Crippen LogP contribution in [0.25, 0.3) is 0 Å². The predicted molar refractivity (Wildman–Crippen MR) is 75.0 cm³/mol. The number of hydrogen-bond acceptors (Lipinski definition) is 5. The molecule has 0 aliphatic carbocycles. The molecule has 2 heterocycles. The number of rotatable bonds is 4. The number of halogens is 1. The van der Waals surface area contributed by atoms with Gasteiger partial charge in [0.1, 0.15) is 16.9 Å². The number of nitrogens with one attached hydrogen (secondary N) is 1. The van der Waals surface area contributed by atoms with Crippen molar-refractivity contribution >= 4 is 23.2 Å². The first-order chi connectivity index (χ1) is 9.88. The Morgan fingerprint density at radius 1 is 1.57 bits per heavy atom. The number of nitro groups is 1. The molecule has 0 atom stereocenters. The van der Waals surface area contributed by atoms with Crippen molar-refractivity contribution in [3.63, 3.8) is 0 Å². The smallest absolute Gasteiger partial charge is 0.300 e. The molecule has 0 bridgehead atoms. The van der Waals surface area contributed by atoms with E-state index in [-0.39, 0.29) is 22.9 Å². The lowest BCUT2D eigenvalue weighted by Gasteiger charge is -2.05. The van der Waals surface area contributed by atoms with Gasteiger partial charge >= 0.3 is 0 Å². The predicted octanol–water partition coefficient (Wildman–Crippen LogP) is 1.62. The van der Waals surface area contributed by atoms with Crippen LogP contribution in [0.5, 0.6) is 0 Å². The first kappa shape index (κ1) is 14.9. The lowest BCUT2D eigenvalue weighted by atomic mass is 10.2. The van der Waals surface area contributed by atoms with Crippen molar-refractivity contribution < 1.29 is 9.72 Å². The van der Waals surface area contributed by atoms with Gasteiger partial charge in [-0.25, -0.2) is 4.98 Å². The Balaban J connectivity index is 2.19. The highest BCUT2D eigenvalue weighted by molar-refractivity contribution is 6.29. The van der Waals surface area contributed by atoms with Gasteiger partial charge in [-0.05, 0) is 13.0 Å². The second-order valence-electron chi connectivity index (χ2n) is 4.38. The summed E-state index contributed by atoms with van der Waals surface area (Å²) in [4.78, 5) is 25.9. The van der Waals surface area contributed by atoms with Crippen molar-refractivity contribution in [1.82, 2.24) is 20.1 Å². The molecule has 0 radical (unpaired) electrons. The second-order valence-corrected chi connectivity index (χ2v) is 4.76. The van der Waals surface area contributed by atoms with Gasteiger partial charge in [-0.15, -0.1) is 0 Å². The number of amides is 1. The van der Waals surface area contributed by atoms with E-state index in [2.05, 4.69) is 15.4 Å². The van der Waals surface area contributed by atoms with Crippen LogP contribution in [-0.2, 0) is 13.6 Å². The first-order valence-electron chi connectivity index (χ1n) is 5.95. The third kappa shape index (κ3) is 3.34. The average molecular weight is 310 g/mol. The lowest BCUT2D eigenvalue weighted by molar-refractivity contribution is -0.385. The van der Waals surface area contributed by atoms with Crippen molar-refractivity contribution in [2.75, 3.05) is 0 Å². The molecule has 1 amide bonds. The second kappa shape index (κ2) is 5.88. The number of pyridine rings is 1. The fourth-order valence-corrected chi connectivity index (χ4v) is 2.00. The molecule has 0 fully saturated rings. The molecule has 0 aliphatic heterocycles. The molecule has 0 saturated carbocycles. The van der Waals surface area contributed by atoms with Crippen LogP contribution in [0.3, 0.4) is 0 Å². The van der Waals surface area contributed by atoms with Gasteiger partial charge in [-0.2, -0.15) is 5.10 Å². The van der Waals surface area contributed by atoms with Crippen molar-refractivity contribution in [2.24, 2.45) is 7.05 Å². The zero-order valence-electron chi connectivity index (χ0n) is 11.3. The standard InChI is InChI=1S/C12H12ClN5O3/c1-7-8(6-17(2)16-7)4-15-12(19)9-3-11(13)14-5-10(9)18(20)21/h3,5-6H,4H2,1-2H3,(H,15,19). The van der Waals surface area contributed by atoms with E-state index in [0.29, 0.717) is 0 Å². The van der Waals surface area contributed by atoms with Crippen LogP contribution in [0.2, 0.25) is 5.15 Å². The molecule has 2 aromatic rings. The van der Waals surface area contributed by atoms with Crippen LogP contribution < -0.4 is 5.32 Å². The summed E-state index contributed by atoms with van der Waals surface area (Å²) in [5, 5.41) is 17.7. The molecule has 0 aromatic carbocycles. The summed E-state index contributed by atoms with van der Waals surface area (Å²) in [7, 11) is 1.77. The van der Waals surface area contributed by atoms with Crippen LogP contribution >= 0.6 is 11.6 Å². The van der Waals surface area contributed by atoms with Gasteiger partial charge in [0.2, 0.25) is 0 Å². The topological polar surface area (TPSA) is 103 Å². The Bertz CT molecular complexity index is 713. The van der Waals surface area contributed by atoms with E-state index in [1.165, 1.54) is 6.07 Å². The highest BCUT2D eigenvalue weighted by Crippen LogP contribution is 2.20. The van der Waals surface area contributed by atoms with E-state index >= 15 is 0 Å². The Morgan fingerprint density at radius 3 is 2.86 bits per heavy atom. The number of carbonyl (C=O) groups is 1. The monoisotopic (exact) mass is 309 g/mol. The minimum atomic E-state index is -0.673. The SMILES string of the molecule is Cc1nn(C)cc1CNC(=O)c1cc(Cl)ncc1[N+](=O)[O-]. The lowest BCUT2D eigenvalue weighted by Crippen LogP contribution is -2.24. The van der Waals surface area contributed by atoms with Crippen molar-refractivity contribution in [1.29, 1.82) is 0 Å². The summed E-state index contributed by atoms with van der Waals surface area (Å²) in [5.41, 5.74) is 1.09. The number of aryl methyl sites for hydroxylation is 2. The quantitative estimate of drug-likeness (QED) is 0.525. The van der Waals surface area contributed by atoms with Crippen LogP contribution in [0.4, 0.5) is 5.69 Å². The van der Waals surface area contributed by atoms with E-state index in [1.54, 1.807) is 17.9 Å². The molecule has 21 heavy (non-hydrogen) atoms. The van der Waals surface area contributed by atoms with Crippen molar-refractivity contribution in [3.05, 3.63) is 50.5 Å². The summed E-state index contributed by atoms with van der Waals surface area (Å²) in [6, 6.07) is 1.17. The normalized spacial score (nSPS) is 10.4. The minimum absolute atomic E-state index is 0.0170. The van der Waals surface area contributed by atoms with Crippen molar-refractivity contribution in [3.8, 4) is 0 Å². The summed E-state index contributed by atoms with van der Waals surface area (Å²) in [6.07, 6.45) is 2.73. The molecule has 110 valence electrons. The molecule has 0 spiro atoms. The van der Waals surface area contributed by atoms with Crippen molar-refractivity contribution in [2.45, 2.75) is 13.5 Å². The van der Waals surface area contributed by atoms with E-state index in [1.807, 2.05) is 6.92 Å².